The maximum absolute atomic E-state index is 4.43. The van der Waals surface area contributed by atoms with E-state index >= 15 is 0 Å². The van der Waals surface area contributed by atoms with E-state index < -0.39 is 0 Å². The molecule has 0 fully saturated rings. The maximum atomic E-state index is 4.43. The van der Waals surface area contributed by atoms with Crippen LogP contribution in [0.2, 0.25) is 0 Å². The number of thiol groups is 1. The molecule has 0 aliphatic rings. The predicted octanol–water partition coefficient (Wildman–Crippen LogP) is 4.22. The first-order chi connectivity index (χ1) is 6.22. The van der Waals surface area contributed by atoms with Crippen molar-refractivity contribution in [2.75, 3.05) is 6.26 Å². The third kappa shape index (κ3) is 1.60. The van der Waals surface area contributed by atoms with E-state index in [0.29, 0.717) is 0 Å². The third-order valence-electron chi connectivity index (χ3n) is 2.08. The molecule has 0 unspecified atom stereocenters. The second kappa shape index (κ2) is 3.56. The lowest BCUT2D eigenvalue weighted by Crippen LogP contribution is -1.75. The molecule has 1 aromatic carbocycles. The summed E-state index contributed by atoms with van der Waals surface area (Å²) in [5, 5.41) is 3.55. The maximum Gasteiger partial charge on any atom is 0.0357 e. The van der Waals surface area contributed by atoms with E-state index in [1.165, 1.54) is 20.5 Å². The fourth-order valence-corrected chi connectivity index (χ4v) is 3.38. The highest BCUT2D eigenvalue weighted by molar-refractivity contribution is 7.99. The molecule has 0 atom stereocenters. The van der Waals surface area contributed by atoms with Gasteiger partial charge in [0, 0.05) is 25.3 Å². The zero-order chi connectivity index (χ0) is 9.42. The number of hydrogen-bond donors (Lipinski definition) is 1. The first kappa shape index (κ1) is 9.44. The molecule has 68 valence electrons. The second-order valence-corrected chi connectivity index (χ2v) is 5.18. The van der Waals surface area contributed by atoms with E-state index in [0.717, 1.165) is 4.90 Å². The first-order valence-electron chi connectivity index (χ1n) is 3.97. The highest BCUT2D eigenvalue weighted by Gasteiger charge is 2.04. The molecule has 0 N–H and O–H groups in total. The minimum absolute atomic E-state index is 1.08. The lowest BCUT2D eigenvalue weighted by molar-refractivity contribution is 1.34. The number of thiophene rings is 1. The van der Waals surface area contributed by atoms with E-state index in [-0.39, 0.29) is 0 Å². The van der Waals surface area contributed by atoms with Crippen LogP contribution in [-0.4, -0.2) is 6.26 Å². The summed E-state index contributed by atoms with van der Waals surface area (Å²) in [6.07, 6.45) is 2.11. The van der Waals surface area contributed by atoms with Crippen LogP contribution in [0.5, 0.6) is 0 Å². The van der Waals surface area contributed by atoms with Gasteiger partial charge in [-0.2, -0.15) is 0 Å². The molecule has 13 heavy (non-hydrogen) atoms. The standard InChI is InChI=1S/C10H10S3/c1-6-3-9-7(4-8(6)11)10(12-2)5-13-9/h3-5,11H,1-2H3. The van der Waals surface area contributed by atoms with Gasteiger partial charge in [0.25, 0.3) is 0 Å². The molecule has 0 nitrogen and oxygen atoms in total. The summed E-state index contributed by atoms with van der Waals surface area (Å²) in [4.78, 5) is 2.44. The summed E-state index contributed by atoms with van der Waals surface area (Å²) in [6.45, 7) is 2.10. The molecule has 0 spiro atoms. The fourth-order valence-electron chi connectivity index (χ4n) is 1.30. The molecular formula is C10H10S3. The molecule has 0 saturated heterocycles. The van der Waals surface area contributed by atoms with Gasteiger partial charge < -0.3 is 0 Å². The predicted molar refractivity (Wildman–Crippen MR) is 65.6 cm³/mol. The van der Waals surface area contributed by atoms with Gasteiger partial charge in [0.15, 0.2) is 0 Å². The van der Waals surface area contributed by atoms with Gasteiger partial charge in [0.05, 0.1) is 0 Å². The normalized spacial score (nSPS) is 11.0. The van der Waals surface area contributed by atoms with Crippen molar-refractivity contribution >= 4 is 45.8 Å². The monoisotopic (exact) mass is 226 g/mol. The van der Waals surface area contributed by atoms with Gasteiger partial charge in [0.1, 0.15) is 0 Å². The Kier molecular flexibility index (Phi) is 2.58. The molecule has 1 heterocycles. The van der Waals surface area contributed by atoms with Crippen molar-refractivity contribution in [1.82, 2.24) is 0 Å². The fraction of sp³-hybridized carbons (Fsp3) is 0.200. The van der Waals surface area contributed by atoms with Crippen LogP contribution in [0.1, 0.15) is 5.56 Å². The number of thioether (sulfide) groups is 1. The molecule has 0 amide bonds. The Morgan fingerprint density at radius 3 is 2.85 bits per heavy atom. The second-order valence-electron chi connectivity index (χ2n) is 2.94. The van der Waals surface area contributed by atoms with Crippen molar-refractivity contribution in [2.24, 2.45) is 0 Å². The summed E-state index contributed by atoms with van der Waals surface area (Å²) >= 11 is 8.03. The Morgan fingerprint density at radius 2 is 2.15 bits per heavy atom. The average molecular weight is 226 g/mol. The quantitative estimate of drug-likeness (QED) is 0.561. The average Bonchev–Trinajstić information content (AvgIpc) is 2.48. The lowest BCUT2D eigenvalue weighted by Gasteiger charge is -1.99. The smallest absolute Gasteiger partial charge is 0.0357 e. The van der Waals surface area contributed by atoms with Gasteiger partial charge in [-0.25, -0.2) is 0 Å². The minimum atomic E-state index is 1.08. The summed E-state index contributed by atoms with van der Waals surface area (Å²) in [7, 11) is 0. The molecule has 1 aromatic heterocycles. The molecule has 0 radical (unpaired) electrons. The zero-order valence-corrected chi connectivity index (χ0v) is 10.0. The van der Waals surface area contributed by atoms with Crippen LogP contribution in [0, 0.1) is 6.92 Å². The van der Waals surface area contributed by atoms with Gasteiger partial charge in [-0.05, 0) is 30.9 Å². The third-order valence-corrected chi connectivity index (χ3v) is 4.43. The van der Waals surface area contributed by atoms with Crippen molar-refractivity contribution in [3.05, 3.63) is 23.1 Å². The molecule has 3 heteroatoms. The van der Waals surface area contributed by atoms with Crippen molar-refractivity contribution in [2.45, 2.75) is 16.7 Å². The Balaban J connectivity index is 2.77. The van der Waals surface area contributed by atoms with Gasteiger partial charge in [-0.15, -0.1) is 35.7 Å². The van der Waals surface area contributed by atoms with Crippen LogP contribution in [-0.2, 0) is 0 Å². The van der Waals surface area contributed by atoms with Gasteiger partial charge in [-0.3, -0.25) is 0 Å². The van der Waals surface area contributed by atoms with Crippen LogP contribution < -0.4 is 0 Å². The largest absolute Gasteiger partial charge is 0.143 e. The van der Waals surface area contributed by atoms with Crippen LogP contribution in [0.4, 0.5) is 0 Å². The number of fused-ring (bicyclic) bond motifs is 1. The Morgan fingerprint density at radius 1 is 1.38 bits per heavy atom. The van der Waals surface area contributed by atoms with E-state index in [2.05, 4.69) is 43.3 Å². The molecule has 2 aromatic rings. The molecular weight excluding hydrogens is 216 g/mol. The summed E-state index contributed by atoms with van der Waals surface area (Å²) in [5.74, 6) is 0. The highest BCUT2D eigenvalue weighted by atomic mass is 32.2. The molecule has 0 aliphatic heterocycles. The SMILES string of the molecule is CSc1csc2cc(C)c(S)cc12. The topological polar surface area (TPSA) is 0 Å². The van der Waals surface area contributed by atoms with E-state index in [1.54, 1.807) is 23.1 Å². The van der Waals surface area contributed by atoms with Gasteiger partial charge >= 0.3 is 0 Å². The Hall–Kier alpha value is -0.120. The van der Waals surface area contributed by atoms with Gasteiger partial charge in [-0.1, -0.05) is 0 Å². The molecule has 2 rings (SSSR count). The number of benzene rings is 1. The van der Waals surface area contributed by atoms with Crippen LogP contribution in [0.15, 0.2) is 27.3 Å². The summed E-state index contributed by atoms with van der Waals surface area (Å²) in [5.41, 5.74) is 1.25. The number of rotatable bonds is 1. The molecule has 0 saturated carbocycles. The lowest BCUT2D eigenvalue weighted by atomic mass is 10.2. The van der Waals surface area contributed by atoms with Crippen LogP contribution >= 0.6 is 35.7 Å². The van der Waals surface area contributed by atoms with Crippen molar-refractivity contribution in [1.29, 1.82) is 0 Å². The van der Waals surface area contributed by atoms with Crippen LogP contribution in [0.25, 0.3) is 10.1 Å². The number of hydrogen-bond acceptors (Lipinski definition) is 3. The van der Waals surface area contributed by atoms with E-state index in [1.807, 2.05) is 0 Å². The summed E-state index contributed by atoms with van der Waals surface area (Å²) < 4.78 is 1.36. The molecule has 0 aliphatic carbocycles. The van der Waals surface area contributed by atoms with Crippen molar-refractivity contribution in [3.63, 3.8) is 0 Å². The van der Waals surface area contributed by atoms with Crippen molar-refractivity contribution < 1.29 is 0 Å². The Bertz CT molecular complexity index is 443. The minimum Gasteiger partial charge on any atom is -0.143 e. The summed E-state index contributed by atoms with van der Waals surface area (Å²) in [6, 6.07) is 4.37. The van der Waals surface area contributed by atoms with E-state index in [9.17, 15) is 0 Å². The molecule has 0 bridgehead atoms. The highest BCUT2D eigenvalue weighted by Crippen LogP contribution is 2.34. The number of aryl methyl sites for hydroxylation is 1. The zero-order valence-electron chi connectivity index (χ0n) is 7.50. The van der Waals surface area contributed by atoms with Crippen molar-refractivity contribution in [3.8, 4) is 0 Å². The van der Waals surface area contributed by atoms with Gasteiger partial charge in [0.2, 0.25) is 0 Å². The van der Waals surface area contributed by atoms with Crippen LogP contribution in [0.3, 0.4) is 0 Å². The first-order valence-corrected chi connectivity index (χ1v) is 6.52. The van der Waals surface area contributed by atoms with E-state index in [4.69, 9.17) is 0 Å². The Labute approximate surface area is 91.8 Å².